The molecule has 132 valence electrons. The second kappa shape index (κ2) is 7.53. The summed E-state index contributed by atoms with van der Waals surface area (Å²) in [7, 11) is 0. The predicted molar refractivity (Wildman–Crippen MR) is 95.0 cm³/mol. The Bertz CT molecular complexity index is 541. The molecule has 0 aliphatic carbocycles. The molecule has 2 aliphatic rings. The number of carbonyl (C=O) groups is 1. The molecule has 2 saturated heterocycles. The molecule has 0 spiro atoms. The first-order valence-electron chi connectivity index (χ1n) is 9.00. The predicted octanol–water partition coefficient (Wildman–Crippen LogP) is 2.64. The Morgan fingerprint density at radius 2 is 1.92 bits per heavy atom. The Hall–Kier alpha value is -1.59. The van der Waals surface area contributed by atoms with Gasteiger partial charge < -0.3 is 19.9 Å². The van der Waals surface area contributed by atoms with Gasteiger partial charge in [0.15, 0.2) is 0 Å². The van der Waals surface area contributed by atoms with E-state index >= 15 is 0 Å². The Morgan fingerprint density at radius 3 is 2.58 bits per heavy atom. The average Bonchev–Trinajstić information content (AvgIpc) is 3.07. The van der Waals surface area contributed by atoms with Crippen molar-refractivity contribution in [2.45, 2.75) is 38.3 Å². The van der Waals surface area contributed by atoms with Crippen molar-refractivity contribution in [1.29, 1.82) is 0 Å². The first-order valence-corrected chi connectivity index (χ1v) is 9.00. The van der Waals surface area contributed by atoms with E-state index in [9.17, 15) is 4.79 Å². The van der Waals surface area contributed by atoms with Crippen molar-refractivity contribution in [3.8, 4) is 0 Å². The summed E-state index contributed by atoms with van der Waals surface area (Å²) in [5.41, 5.74) is 0.901. The van der Waals surface area contributed by atoms with Crippen LogP contribution in [0.2, 0.25) is 0 Å². The van der Waals surface area contributed by atoms with Crippen molar-refractivity contribution in [2.24, 2.45) is 0 Å². The molecule has 1 aromatic carbocycles. The number of hydrogen-bond donors (Lipinski definition) is 1. The summed E-state index contributed by atoms with van der Waals surface area (Å²) >= 11 is 0. The summed E-state index contributed by atoms with van der Waals surface area (Å²) in [6.07, 6.45) is 2.51. The van der Waals surface area contributed by atoms with Crippen LogP contribution in [0.1, 0.15) is 38.3 Å². The molecule has 2 amide bonds. The van der Waals surface area contributed by atoms with Gasteiger partial charge in [-0.15, -0.1) is 0 Å². The zero-order chi connectivity index (χ0) is 17.0. The van der Waals surface area contributed by atoms with Gasteiger partial charge in [-0.3, -0.25) is 0 Å². The van der Waals surface area contributed by atoms with Crippen LogP contribution in [-0.4, -0.2) is 60.8 Å². The van der Waals surface area contributed by atoms with Gasteiger partial charge in [0.25, 0.3) is 0 Å². The lowest BCUT2D eigenvalue weighted by atomic mass is 10.1. The summed E-state index contributed by atoms with van der Waals surface area (Å²) in [5.74, 6) is 0. The van der Waals surface area contributed by atoms with Gasteiger partial charge in [-0.2, -0.15) is 0 Å². The number of carbonyl (C=O) groups excluding carboxylic acids is 1. The standard InChI is InChI=1S/C19H29N3O2/c1-19(2)15-22(12-13-24-19)18(23)20-17(14-21-10-6-7-11-21)16-8-4-3-5-9-16/h3-5,8-9,17H,6-7,10-15H2,1-2H3,(H,20,23). The van der Waals surface area contributed by atoms with Gasteiger partial charge in [-0.25, -0.2) is 4.79 Å². The molecule has 1 N–H and O–H groups in total. The zero-order valence-electron chi connectivity index (χ0n) is 14.8. The fraction of sp³-hybridized carbons (Fsp3) is 0.632. The van der Waals surface area contributed by atoms with Crippen LogP contribution in [0.15, 0.2) is 30.3 Å². The highest BCUT2D eigenvalue weighted by atomic mass is 16.5. The maximum absolute atomic E-state index is 12.8. The van der Waals surface area contributed by atoms with E-state index in [0.717, 1.165) is 19.6 Å². The third-order valence-electron chi connectivity index (χ3n) is 4.85. The lowest BCUT2D eigenvalue weighted by Gasteiger charge is -2.39. The number of ether oxygens (including phenoxy) is 1. The van der Waals surface area contributed by atoms with E-state index in [4.69, 9.17) is 4.74 Å². The van der Waals surface area contributed by atoms with Crippen LogP contribution >= 0.6 is 0 Å². The van der Waals surface area contributed by atoms with Crippen molar-refractivity contribution >= 4 is 6.03 Å². The first kappa shape index (κ1) is 17.2. The number of morpholine rings is 1. The molecule has 0 aromatic heterocycles. The molecule has 1 atom stereocenters. The Morgan fingerprint density at radius 1 is 1.21 bits per heavy atom. The molecule has 24 heavy (non-hydrogen) atoms. The van der Waals surface area contributed by atoms with Crippen LogP contribution in [-0.2, 0) is 4.74 Å². The average molecular weight is 331 g/mol. The van der Waals surface area contributed by atoms with E-state index in [1.54, 1.807) is 0 Å². The highest BCUT2D eigenvalue weighted by Crippen LogP contribution is 2.20. The van der Waals surface area contributed by atoms with E-state index in [2.05, 4.69) is 22.3 Å². The topological polar surface area (TPSA) is 44.8 Å². The number of nitrogens with one attached hydrogen (secondary N) is 1. The molecule has 1 unspecified atom stereocenters. The molecular formula is C19H29N3O2. The minimum atomic E-state index is -0.271. The summed E-state index contributed by atoms with van der Waals surface area (Å²) < 4.78 is 5.71. The number of benzene rings is 1. The molecular weight excluding hydrogens is 302 g/mol. The third kappa shape index (κ3) is 4.48. The van der Waals surface area contributed by atoms with Crippen LogP contribution in [0.25, 0.3) is 0 Å². The maximum atomic E-state index is 12.8. The third-order valence-corrected chi connectivity index (χ3v) is 4.85. The van der Waals surface area contributed by atoms with E-state index in [-0.39, 0.29) is 17.7 Å². The minimum Gasteiger partial charge on any atom is -0.372 e. The lowest BCUT2D eigenvalue weighted by molar-refractivity contribution is -0.0736. The molecule has 5 nitrogen and oxygen atoms in total. The van der Waals surface area contributed by atoms with Gasteiger partial charge in [-0.05, 0) is 45.3 Å². The van der Waals surface area contributed by atoms with E-state index < -0.39 is 0 Å². The molecule has 3 rings (SSSR count). The summed E-state index contributed by atoms with van der Waals surface area (Å²) in [5, 5.41) is 3.26. The van der Waals surface area contributed by atoms with Crippen LogP contribution in [0.3, 0.4) is 0 Å². The summed E-state index contributed by atoms with van der Waals surface area (Å²) in [6.45, 7) is 9.08. The Kier molecular flexibility index (Phi) is 5.41. The van der Waals surface area contributed by atoms with E-state index in [0.29, 0.717) is 19.7 Å². The van der Waals surface area contributed by atoms with Crippen molar-refractivity contribution < 1.29 is 9.53 Å². The van der Waals surface area contributed by atoms with Crippen molar-refractivity contribution in [3.05, 3.63) is 35.9 Å². The number of hydrogen-bond acceptors (Lipinski definition) is 3. The molecule has 1 aromatic rings. The number of urea groups is 1. The normalized spacial score (nSPS) is 22.3. The maximum Gasteiger partial charge on any atom is 0.318 e. The van der Waals surface area contributed by atoms with Crippen molar-refractivity contribution in [2.75, 3.05) is 39.3 Å². The quantitative estimate of drug-likeness (QED) is 0.922. The van der Waals surface area contributed by atoms with Crippen molar-refractivity contribution in [3.63, 3.8) is 0 Å². The first-order chi connectivity index (χ1) is 11.5. The van der Waals surface area contributed by atoms with Crippen LogP contribution in [0, 0.1) is 0 Å². The van der Waals surface area contributed by atoms with E-state index in [1.165, 1.54) is 18.4 Å². The van der Waals surface area contributed by atoms with Crippen LogP contribution < -0.4 is 5.32 Å². The van der Waals surface area contributed by atoms with Gasteiger partial charge in [-0.1, -0.05) is 30.3 Å². The Balaban J connectivity index is 1.67. The SMILES string of the molecule is CC1(C)CN(C(=O)NC(CN2CCCC2)c2ccccc2)CCO1. The fourth-order valence-electron chi connectivity index (χ4n) is 3.57. The molecule has 0 bridgehead atoms. The smallest absolute Gasteiger partial charge is 0.318 e. The highest BCUT2D eigenvalue weighted by Gasteiger charge is 2.31. The minimum absolute atomic E-state index is 0.0134. The summed E-state index contributed by atoms with van der Waals surface area (Å²) in [4.78, 5) is 17.1. The van der Waals surface area contributed by atoms with Crippen molar-refractivity contribution in [1.82, 2.24) is 15.1 Å². The second-order valence-electron chi connectivity index (χ2n) is 7.45. The Labute approximate surface area is 145 Å². The molecule has 0 radical (unpaired) electrons. The highest BCUT2D eigenvalue weighted by molar-refractivity contribution is 5.75. The van der Waals surface area contributed by atoms with Crippen LogP contribution in [0.4, 0.5) is 4.79 Å². The number of likely N-dealkylation sites (tertiary alicyclic amines) is 1. The summed E-state index contributed by atoms with van der Waals surface area (Å²) in [6, 6.07) is 10.3. The van der Waals surface area contributed by atoms with Gasteiger partial charge in [0.2, 0.25) is 0 Å². The van der Waals surface area contributed by atoms with Gasteiger partial charge >= 0.3 is 6.03 Å². The lowest BCUT2D eigenvalue weighted by Crippen LogP contribution is -2.54. The fourth-order valence-corrected chi connectivity index (χ4v) is 3.57. The molecule has 5 heteroatoms. The monoisotopic (exact) mass is 331 g/mol. The number of rotatable bonds is 4. The number of amides is 2. The molecule has 2 aliphatic heterocycles. The zero-order valence-corrected chi connectivity index (χ0v) is 14.8. The number of nitrogens with zero attached hydrogens (tertiary/aromatic N) is 2. The molecule has 2 heterocycles. The van der Waals surface area contributed by atoms with Gasteiger partial charge in [0, 0.05) is 13.1 Å². The molecule has 2 fully saturated rings. The van der Waals surface area contributed by atoms with Gasteiger partial charge in [0.05, 0.1) is 24.8 Å². The molecule has 0 saturated carbocycles. The second-order valence-corrected chi connectivity index (χ2v) is 7.45. The largest absolute Gasteiger partial charge is 0.372 e. The van der Waals surface area contributed by atoms with Crippen LogP contribution in [0.5, 0.6) is 0 Å². The van der Waals surface area contributed by atoms with E-state index in [1.807, 2.05) is 36.9 Å². The van der Waals surface area contributed by atoms with Gasteiger partial charge in [0.1, 0.15) is 0 Å².